The van der Waals surface area contributed by atoms with Gasteiger partial charge in [0.05, 0.1) is 18.9 Å². The molecule has 0 unspecified atom stereocenters. The highest BCUT2D eigenvalue weighted by Crippen LogP contribution is 2.21. The van der Waals surface area contributed by atoms with E-state index in [0.717, 1.165) is 5.56 Å². The maximum absolute atomic E-state index is 12.2. The Morgan fingerprint density at radius 1 is 1.15 bits per heavy atom. The number of aromatic carboxylic acids is 1. The molecular weight excluding hydrogens is 348 g/mol. The summed E-state index contributed by atoms with van der Waals surface area (Å²) >= 11 is 0. The molecule has 8 heteroatoms. The van der Waals surface area contributed by atoms with Crippen LogP contribution in [0.15, 0.2) is 48.7 Å². The summed E-state index contributed by atoms with van der Waals surface area (Å²) in [6.07, 6.45) is 1.24. The first-order valence-electron chi connectivity index (χ1n) is 8.59. The van der Waals surface area contributed by atoms with Gasteiger partial charge in [0.1, 0.15) is 6.54 Å². The number of fused-ring (bicyclic) bond motifs is 1. The fourth-order valence-corrected chi connectivity index (χ4v) is 3.09. The van der Waals surface area contributed by atoms with Crippen molar-refractivity contribution in [2.75, 3.05) is 13.1 Å². The second-order valence-corrected chi connectivity index (χ2v) is 6.48. The third kappa shape index (κ3) is 3.65. The van der Waals surface area contributed by atoms with Gasteiger partial charge in [0.2, 0.25) is 5.91 Å². The molecule has 3 aromatic rings. The Labute approximate surface area is 155 Å². The highest BCUT2D eigenvalue weighted by Gasteiger charge is 2.31. The number of rotatable bonds is 6. The van der Waals surface area contributed by atoms with Crippen LogP contribution < -0.4 is 0 Å². The van der Waals surface area contributed by atoms with Crippen LogP contribution in [0.4, 0.5) is 0 Å². The van der Waals surface area contributed by atoms with Gasteiger partial charge in [-0.1, -0.05) is 47.7 Å². The minimum atomic E-state index is -1.17. The SMILES string of the molecule is O=C(O)c1cn(CC(=O)N2CC(OCc3cccc4ccccc34)C2)nn1. The Hall–Kier alpha value is -3.26. The molecule has 138 valence electrons. The molecule has 1 N–H and O–H groups in total. The summed E-state index contributed by atoms with van der Waals surface area (Å²) in [6.45, 7) is 1.50. The van der Waals surface area contributed by atoms with E-state index in [4.69, 9.17) is 9.84 Å². The zero-order valence-corrected chi connectivity index (χ0v) is 14.5. The van der Waals surface area contributed by atoms with Crippen molar-refractivity contribution in [1.82, 2.24) is 19.9 Å². The van der Waals surface area contributed by atoms with Gasteiger partial charge in [-0.2, -0.15) is 0 Å². The van der Waals surface area contributed by atoms with Crippen LogP contribution in [-0.2, 0) is 22.7 Å². The van der Waals surface area contributed by atoms with Gasteiger partial charge in [-0.15, -0.1) is 5.10 Å². The number of carbonyl (C=O) groups excluding carboxylic acids is 1. The highest BCUT2D eigenvalue weighted by molar-refractivity contribution is 5.85. The van der Waals surface area contributed by atoms with Crippen LogP contribution in [0.5, 0.6) is 0 Å². The average molecular weight is 366 g/mol. The molecule has 0 saturated carbocycles. The lowest BCUT2D eigenvalue weighted by atomic mass is 10.1. The van der Waals surface area contributed by atoms with Crippen LogP contribution >= 0.6 is 0 Å². The van der Waals surface area contributed by atoms with Gasteiger partial charge in [-0.25, -0.2) is 9.48 Å². The topological polar surface area (TPSA) is 97.5 Å². The zero-order valence-electron chi connectivity index (χ0n) is 14.5. The van der Waals surface area contributed by atoms with Crippen molar-refractivity contribution in [1.29, 1.82) is 0 Å². The number of benzene rings is 2. The molecule has 1 aliphatic heterocycles. The summed E-state index contributed by atoms with van der Waals surface area (Å²) in [7, 11) is 0. The third-order valence-electron chi connectivity index (χ3n) is 4.61. The number of hydrogen-bond donors (Lipinski definition) is 1. The number of nitrogens with zero attached hydrogens (tertiary/aromatic N) is 4. The summed E-state index contributed by atoms with van der Waals surface area (Å²) < 4.78 is 7.16. The second kappa shape index (κ2) is 7.16. The first kappa shape index (κ1) is 17.2. The van der Waals surface area contributed by atoms with Crippen LogP contribution in [0, 0.1) is 0 Å². The normalized spacial score (nSPS) is 14.3. The molecule has 1 fully saturated rings. The van der Waals surface area contributed by atoms with Crippen LogP contribution in [0.3, 0.4) is 0 Å². The summed E-state index contributed by atoms with van der Waals surface area (Å²) in [4.78, 5) is 24.7. The van der Waals surface area contributed by atoms with Gasteiger partial charge in [0.25, 0.3) is 0 Å². The zero-order chi connectivity index (χ0) is 18.8. The lowest BCUT2D eigenvalue weighted by Gasteiger charge is -2.38. The maximum Gasteiger partial charge on any atom is 0.358 e. The van der Waals surface area contributed by atoms with Crippen LogP contribution in [0.1, 0.15) is 16.1 Å². The molecule has 1 aromatic heterocycles. The van der Waals surface area contributed by atoms with Gasteiger partial charge in [-0.3, -0.25) is 4.79 Å². The van der Waals surface area contributed by atoms with Crippen molar-refractivity contribution in [3.05, 3.63) is 59.9 Å². The van der Waals surface area contributed by atoms with E-state index in [1.54, 1.807) is 4.90 Å². The second-order valence-electron chi connectivity index (χ2n) is 6.48. The molecule has 27 heavy (non-hydrogen) atoms. The van der Waals surface area contributed by atoms with E-state index < -0.39 is 5.97 Å². The van der Waals surface area contributed by atoms with Crippen molar-refractivity contribution < 1.29 is 19.4 Å². The molecule has 0 aliphatic carbocycles. The number of carbonyl (C=O) groups is 2. The van der Waals surface area contributed by atoms with E-state index in [-0.39, 0.29) is 24.2 Å². The first-order chi connectivity index (χ1) is 13.1. The first-order valence-corrected chi connectivity index (χ1v) is 8.59. The largest absolute Gasteiger partial charge is 0.476 e. The predicted octanol–water partition coefficient (Wildman–Crippen LogP) is 1.56. The van der Waals surface area contributed by atoms with E-state index in [9.17, 15) is 9.59 Å². The Morgan fingerprint density at radius 3 is 2.70 bits per heavy atom. The van der Waals surface area contributed by atoms with Crippen molar-refractivity contribution in [3.8, 4) is 0 Å². The smallest absolute Gasteiger partial charge is 0.358 e. The molecule has 2 aromatic carbocycles. The molecule has 0 bridgehead atoms. The Balaban J connectivity index is 1.28. The number of aromatic nitrogens is 3. The quantitative estimate of drug-likeness (QED) is 0.711. The number of hydrogen-bond acceptors (Lipinski definition) is 5. The molecule has 0 spiro atoms. The van der Waals surface area contributed by atoms with Gasteiger partial charge < -0.3 is 14.7 Å². The molecule has 4 rings (SSSR count). The number of carboxylic acids is 1. The molecule has 1 saturated heterocycles. The summed E-state index contributed by atoms with van der Waals surface area (Å²) in [6, 6.07) is 14.3. The van der Waals surface area contributed by atoms with Gasteiger partial charge >= 0.3 is 5.97 Å². The van der Waals surface area contributed by atoms with Gasteiger partial charge in [-0.05, 0) is 16.3 Å². The summed E-state index contributed by atoms with van der Waals surface area (Å²) in [5.41, 5.74) is 0.949. The Bertz CT molecular complexity index is 989. The standard InChI is InChI=1S/C19H18N4O4/c24-18(11-23-10-17(19(25)26)20-21-23)22-8-15(9-22)27-12-14-6-3-5-13-4-1-2-7-16(13)14/h1-7,10,15H,8-9,11-12H2,(H,25,26). The Kier molecular flexibility index (Phi) is 4.55. The summed E-state index contributed by atoms with van der Waals surface area (Å²) in [5, 5.41) is 18.3. The van der Waals surface area contributed by atoms with E-state index in [2.05, 4.69) is 34.6 Å². The number of carboxylic acid groups (broad SMARTS) is 1. The van der Waals surface area contributed by atoms with Crippen LogP contribution in [0.25, 0.3) is 10.8 Å². The maximum atomic E-state index is 12.2. The number of amides is 1. The van der Waals surface area contributed by atoms with E-state index in [0.29, 0.717) is 19.7 Å². The van der Waals surface area contributed by atoms with Crippen molar-refractivity contribution in [2.45, 2.75) is 19.3 Å². The van der Waals surface area contributed by atoms with Crippen molar-refractivity contribution >= 4 is 22.6 Å². The highest BCUT2D eigenvalue weighted by atomic mass is 16.5. The predicted molar refractivity (Wildman–Crippen MR) is 96.1 cm³/mol. The van der Waals surface area contributed by atoms with Crippen molar-refractivity contribution in [3.63, 3.8) is 0 Å². The minimum Gasteiger partial charge on any atom is -0.476 e. The van der Waals surface area contributed by atoms with E-state index in [1.807, 2.05) is 18.2 Å². The molecule has 1 amide bonds. The van der Waals surface area contributed by atoms with Gasteiger partial charge in [0, 0.05) is 13.1 Å². The molecule has 0 radical (unpaired) electrons. The monoisotopic (exact) mass is 366 g/mol. The Morgan fingerprint density at radius 2 is 1.93 bits per heavy atom. The third-order valence-corrected chi connectivity index (χ3v) is 4.61. The molecule has 8 nitrogen and oxygen atoms in total. The van der Waals surface area contributed by atoms with E-state index >= 15 is 0 Å². The molecule has 1 aliphatic rings. The van der Waals surface area contributed by atoms with E-state index in [1.165, 1.54) is 21.7 Å². The lowest BCUT2D eigenvalue weighted by Crippen LogP contribution is -2.55. The number of likely N-dealkylation sites (tertiary alicyclic amines) is 1. The van der Waals surface area contributed by atoms with Crippen LogP contribution in [-0.4, -0.2) is 56.1 Å². The van der Waals surface area contributed by atoms with Crippen molar-refractivity contribution in [2.24, 2.45) is 0 Å². The van der Waals surface area contributed by atoms with Crippen LogP contribution in [0.2, 0.25) is 0 Å². The fourth-order valence-electron chi connectivity index (χ4n) is 3.09. The molecular formula is C19H18N4O4. The number of ether oxygens (including phenoxy) is 1. The lowest BCUT2D eigenvalue weighted by molar-refractivity contribution is -0.146. The fraction of sp³-hybridized carbons (Fsp3) is 0.263. The average Bonchev–Trinajstić information content (AvgIpc) is 3.09. The summed E-state index contributed by atoms with van der Waals surface area (Å²) in [5.74, 6) is -1.30. The molecule has 0 atom stereocenters. The van der Waals surface area contributed by atoms with Gasteiger partial charge in [0.15, 0.2) is 5.69 Å². The minimum absolute atomic E-state index is 0.00162. The molecule has 2 heterocycles.